The minimum absolute atomic E-state index is 0.00475. The summed E-state index contributed by atoms with van der Waals surface area (Å²) >= 11 is 0. The van der Waals surface area contributed by atoms with Gasteiger partial charge in [0.15, 0.2) is 6.29 Å². The maximum atomic E-state index is 10.3. The van der Waals surface area contributed by atoms with E-state index >= 15 is 0 Å². The smallest absolute Gasteiger partial charge is 0.186 e. The lowest BCUT2D eigenvalue weighted by molar-refractivity contribution is -0.305. The molecule has 2 rings (SSSR count). The normalized spacial score (nSPS) is 43.4. The molecule has 1 heterocycles. The van der Waals surface area contributed by atoms with E-state index in [9.17, 15) is 30.6 Å². The Kier molecular flexibility index (Phi) is 8.04. The van der Waals surface area contributed by atoms with E-state index in [1.54, 1.807) is 6.92 Å². The zero-order chi connectivity index (χ0) is 20.4. The predicted octanol–water partition coefficient (Wildman–Crippen LogP) is -0.623. The van der Waals surface area contributed by atoms with Crippen LogP contribution >= 0.6 is 0 Å². The average Bonchev–Trinajstić information content (AvgIpc) is 2.57. The fourth-order valence-corrected chi connectivity index (χ4v) is 4.65. The molecule has 27 heavy (non-hydrogen) atoms. The molecule has 0 aromatic rings. The maximum absolute atomic E-state index is 10.3. The van der Waals surface area contributed by atoms with Crippen LogP contribution in [0.25, 0.3) is 0 Å². The number of hydrogen-bond acceptors (Lipinski definition) is 8. The van der Waals surface area contributed by atoms with Crippen molar-refractivity contribution in [1.29, 1.82) is 0 Å². The predicted molar refractivity (Wildman–Crippen MR) is 96.6 cm³/mol. The van der Waals surface area contributed by atoms with Crippen molar-refractivity contribution in [1.82, 2.24) is 0 Å². The molecule has 8 heteroatoms. The van der Waals surface area contributed by atoms with E-state index in [0.29, 0.717) is 19.3 Å². The molecule has 0 unspecified atom stereocenters. The minimum Gasteiger partial charge on any atom is -0.394 e. The Labute approximate surface area is 160 Å². The van der Waals surface area contributed by atoms with Crippen molar-refractivity contribution in [3.05, 3.63) is 0 Å². The van der Waals surface area contributed by atoms with E-state index in [4.69, 9.17) is 9.47 Å². The molecule has 2 aliphatic rings. The molecule has 0 bridgehead atoms. The van der Waals surface area contributed by atoms with Crippen LogP contribution in [0.2, 0.25) is 0 Å². The molecule has 6 N–H and O–H groups in total. The first-order valence-corrected chi connectivity index (χ1v) is 9.85. The molecule has 0 radical (unpaired) electrons. The van der Waals surface area contributed by atoms with Gasteiger partial charge in [0.1, 0.15) is 24.4 Å². The van der Waals surface area contributed by atoms with Gasteiger partial charge in [-0.2, -0.15) is 0 Å². The Bertz CT molecular complexity index is 455. The highest BCUT2D eigenvalue weighted by Crippen LogP contribution is 2.47. The highest BCUT2D eigenvalue weighted by Gasteiger charge is 2.46. The summed E-state index contributed by atoms with van der Waals surface area (Å²) in [5.41, 5.74) is -0.129. The van der Waals surface area contributed by atoms with Crippen molar-refractivity contribution in [3.8, 4) is 0 Å². The molecule has 0 aromatic heterocycles. The number of aliphatic hydroxyl groups is 6. The molecule has 1 saturated carbocycles. The van der Waals surface area contributed by atoms with Crippen molar-refractivity contribution in [2.24, 2.45) is 17.3 Å². The lowest BCUT2D eigenvalue weighted by Crippen LogP contribution is -2.59. The number of ether oxygens (including phenoxy) is 2. The van der Waals surface area contributed by atoms with Crippen LogP contribution < -0.4 is 0 Å². The molecule has 0 amide bonds. The molecular formula is C19H36O8. The number of hydrogen-bond donors (Lipinski definition) is 6. The molecule has 2 fully saturated rings. The van der Waals surface area contributed by atoms with Crippen molar-refractivity contribution in [2.75, 3.05) is 13.2 Å². The molecule has 0 aromatic carbocycles. The van der Waals surface area contributed by atoms with Crippen LogP contribution in [0.5, 0.6) is 0 Å². The van der Waals surface area contributed by atoms with E-state index in [1.165, 1.54) is 0 Å². The summed E-state index contributed by atoms with van der Waals surface area (Å²) in [5.74, 6) is 0.204. The SMILES string of the molecule is C[C@H](O)CC[C@H]1[C@H](CO[C@@H]2O[C@H](CO)[C@@H](O)[C@H](O)[C@H]2O)C[C@H](O)CC1(C)C. The highest BCUT2D eigenvalue weighted by atomic mass is 16.7. The maximum Gasteiger partial charge on any atom is 0.186 e. The number of rotatable bonds is 7. The van der Waals surface area contributed by atoms with Crippen LogP contribution in [-0.2, 0) is 9.47 Å². The zero-order valence-corrected chi connectivity index (χ0v) is 16.4. The summed E-state index contributed by atoms with van der Waals surface area (Å²) in [7, 11) is 0. The van der Waals surface area contributed by atoms with Gasteiger partial charge in [-0.1, -0.05) is 13.8 Å². The molecule has 0 spiro atoms. The second kappa shape index (κ2) is 9.45. The van der Waals surface area contributed by atoms with Gasteiger partial charge in [-0.05, 0) is 49.9 Å². The third kappa shape index (κ3) is 5.61. The summed E-state index contributed by atoms with van der Waals surface area (Å²) in [5, 5.41) is 59.1. The van der Waals surface area contributed by atoms with Crippen LogP contribution in [-0.4, -0.2) is 86.8 Å². The van der Waals surface area contributed by atoms with Crippen LogP contribution in [0.15, 0.2) is 0 Å². The van der Waals surface area contributed by atoms with E-state index < -0.39 is 49.5 Å². The molecule has 1 aliphatic carbocycles. The van der Waals surface area contributed by atoms with Gasteiger partial charge in [0.05, 0.1) is 25.4 Å². The van der Waals surface area contributed by atoms with Crippen LogP contribution in [0, 0.1) is 17.3 Å². The average molecular weight is 392 g/mol. The lowest BCUT2D eigenvalue weighted by atomic mass is 9.61. The molecule has 1 saturated heterocycles. The Morgan fingerprint density at radius 2 is 1.78 bits per heavy atom. The molecular weight excluding hydrogens is 356 g/mol. The third-order valence-electron chi connectivity index (χ3n) is 6.13. The topological polar surface area (TPSA) is 140 Å². The Hall–Kier alpha value is -0.320. The highest BCUT2D eigenvalue weighted by molar-refractivity contribution is 4.93. The van der Waals surface area contributed by atoms with Gasteiger partial charge in [-0.3, -0.25) is 0 Å². The van der Waals surface area contributed by atoms with Gasteiger partial charge >= 0.3 is 0 Å². The first kappa shape index (κ1) is 23.0. The second-order valence-corrected chi connectivity index (χ2v) is 8.91. The second-order valence-electron chi connectivity index (χ2n) is 8.91. The summed E-state index contributed by atoms with van der Waals surface area (Å²) < 4.78 is 11.1. The first-order valence-electron chi connectivity index (χ1n) is 9.85. The fourth-order valence-electron chi connectivity index (χ4n) is 4.65. The van der Waals surface area contributed by atoms with E-state index in [0.717, 1.165) is 6.42 Å². The summed E-state index contributed by atoms with van der Waals surface area (Å²) in [6, 6.07) is 0. The van der Waals surface area contributed by atoms with Crippen molar-refractivity contribution in [2.45, 2.75) is 89.4 Å². The first-order chi connectivity index (χ1) is 12.6. The van der Waals surface area contributed by atoms with Gasteiger partial charge in [0.2, 0.25) is 0 Å². The fraction of sp³-hybridized carbons (Fsp3) is 1.00. The van der Waals surface area contributed by atoms with Crippen LogP contribution in [0.1, 0.15) is 46.5 Å². The molecule has 160 valence electrons. The minimum atomic E-state index is -1.47. The lowest BCUT2D eigenvalue weighted by Gasteiger charge is -2.47. The standard InChI is InChI=1S/C19H36O8/c1-10(21)4-5-13-11(6-12(22)7-19(13,2)3)9-26-18-17(25)16(24)15(23)14(8-20)27-18/h10-18,20-25H,4-9H2,1-3H3/t10-,11-,12-,13-,14+,15+,16-,17+,18+/m0/s1. The summed E-state index contributed by atoms with van der Waals surface area (Å²) in [6.45, 7) is 5.65. The Morgan fingerprint density at radius 1 is 1.11 bits per heavy atom. The molecule has 1 aliphatic heterocycles. The monoisotopic (exact) mass is 392 g/mol. The van der Waals surface area contributed by atoms with Gasteiger partial charge < -0.3 is 40.1 Å². The third-order valence-corrected chi connectivity index (χ3v) is 6.13. The van der Waals surface area contributed by atoms with Gasteiger partial charge in [-0.15, -0.1) is 0 Å². The van der Waals surface area contributed by atoms with Crippen LogP contribution in [0.3, 0.4) is 0 Å². The number of aliphatic hydroxyl groups excluding tert-OH is 6. The van der Waals surface area contributed by atoms with E-state index in [1.807, 2.05) is 0 Å². The summed E-state index contributed by atoms with van der Waals surface area (Å²) in [4.78, 5) is 0. The largest absolute Gasteiger partial charge is 0.394 e. The van der Waals surface area contributed by atoms with E-state index in [2.05, 4.69) is 13.8 Å². The Morgan fingerprint density at radius 3 is 2.37 bits per heavy atom. The van der Waals surface area contributed by atoms with E-state index in [-0.39, 0.29) is 23.9 Å². The van der Waals surface area contributed by atoms with Crippen molar-refractivity contribution in [3.63, 3.8) is 0 Å². The van der Waals surface area contributed by atoms with Gasteiger partial charge in [0.25, 0.3) is 0 Å². The van der Waals surface area contributed by atoms with Gasteiger partial charge in [0, 0.05) is 0 Å². The molecule has 9 atom stereocenters. The van der Waals surface area contributed by atoms with Crippen LogP contribution in [0.4, 0.5) is 0 Å². The summed E-state index contributed by atoms with van der Waals surface area (Å²) in [6.07, 6.45) is -4.68. The Balaban J connectivity index is 2.03. The van der Waals surface area contributed by atoms with Crippen molar-refractivity contribution < 1.29 is 40.1 Å². The van der Waals surface area contributed by atoms with Crippen molar-refractivity contribution >= 4 is 0 Å². The quantitative estimate of drug-likeness (QED) is 0.337. The molecule has 8 nitrogen and oxygen atoms in total. The zero-order valence-electron chi connectivity index (χ0n) is 16.4. The van der Waals surface area contributed by atoms with Gasteiger partial charge in [-0.25, -0.2) is 0 Å².